The first kappa shape index (κ1) is 23.9. The zero-order valence-corrected chi connectivity index (χ0v) is 18.7. The lowest BCUT2D eigenvalue weighted by atomic mass is 9.87. The number of likely N-dealkylation sites (N-methyl/N-ethyl adjacent to an activating group) is 1. The van der Waals surface area contributed by atoms with Gasteiger partial charge in [-0.25, -0.2) is 4.79 Å². The molecule has 31 heavy (non-hydrogen) atoms. The van der Waals surface area contributed by atoms with E-state index >= 15 is 0 Å². The zero-order chi connectivity index (χ0) is 23.0. The minimum Gasteiger partial charge on any atom is -0.489 e. The topological polar surface area (TPSA) is 84.9 Å². The minimum absolute atomic E-state index is 0.0906. The highest BCUT2D eigenvalue weighted by Crippen LogP contribution is 2.24. The first-order valence-corrected chi connectivity index (χ1v) is 10.0. The van der Waals surface area contributed by atoms with E-state index < -0.39 is 18.5 Å². The van der Waals surface area contributed by atoms with Gasteiger partial charge < -0.3 is 19.7 Å². The van der Waals surface area contributed by atoms with E-state index in [2.05, 4.69) is 38.2 Å². The molecule has 2 aromatic rings. The molecule has 1 N–H and O–H groups in total. The number of carbonyl (C=O) groups is 3. The Hall–Kier alpha value is -3.35. The summed E-state index contributed by atoms with van der Waals surface area (Å²) in [6.45, 7) is 6.26. The summed E-state index contributed by atoms with van der Waals surface area (Å²) < 4.78 is 10.8. The number of hydrogen-bond donors (Lipinski definition) is 1. The van der Waals surface area contributed by atoms with Gasteiger partial charge in [-0.1, -0.05) is 45.0 Å². The van der Waals surface area contributed by atoms with E-state index in [1.54, 1.807) is 38.4 Å². The molecular weight excluding hydrogens is 396 g/mol. The Balaban J connectivity index is 1.79. The van der Waals surface area contributed by atoms with Crippen molar-refractivity contribution in [2.24, 2.45) is 0 Å². The second kappa shape index (κ2) is 10.6. The van der Waals surface area contributed by atoms with Gasteiger partial charge in [-0.05, 0) is 40.8 Å². The van der Waals surface area contributed by atoms with Crippen molar-refractivity contribution in [3.05, 3.63) is 65.2 Å². The zero-order valence-electron chi connectivity index (χ0n) is 18.7. The molecule has 7 nitrogen and oxygen atoms in total. The van der Waals surface area contributed by atoms with E-state index in [1.807, 2.05) is 12.1 Å². The van der Waals surface area contributed by atoms with Gasteiger partial charge in [0.25, 0.3) is 5.91 Å². The Labute approximate surface area is 183 Å². The number of nitrogens with zero attached hydrogens (tertiary/aromatic N) is 1. The number of hydrogen-bond acceptors (Lipinski definition) is 5. The third kappa shape index (κ3) is 7.77. The average Bonchev–Trinajstić information content (AvgIpc) is 2.74. The second-order valence-corrected chi connectivity index (χ2v) is 8.40. The van der Waals surface area contributed by atoms with Crippen LogP contribution in [0.5, 0.6) is 5.75 Å². The summed E-state index contributed by atoms with van der Waals surface area (Å²) in [4.78, 5) is 36.6. The van der Waals surface area contributed by atoms with E-state index in [4.69, 9.17) is 9.47 Å². The van der Waals surface area contributed by atoms with E-state index in [-0.39, 0.29) is 17.9 Å². The van der Waals surface area contributed by atoms with Crippen molar-refractivity contribution in [3.8, 4) is 5.75 Å². The number of ether oxygens (including phenoxy) is 2. The normalized spacial score (nSPS) is 10.9. The molecule has 0 atom stereocenters. The van der Waals surface area contributed by atoms with Gasteiger partial charge in [-0.3, -0.25) is 9.59 Å². The third-order valence-electron chi connectivity index (χ3n) is 4.59. The Morgan fingerprint density at radius 3 is 2.10 bits per heavy atom. The first-order valence-electron chi connectivity index (χ1n) is 10.0. The number of esters is 1. The summed E-state index contributed by atoms with van der Waals surface area (Å²) in [7, 11) is 3.18. The van der Waals surface area contributed by atoms with Gasteiger partial charge >= 0.3 is 5.97 Å². The molecule has 0 heterocycles. The van der Waals surface area contributed by atoms with Gasteiger partial charge in [0.15, 0.2) is 6.61 Å². The predicted molar refractivity (Wildman–Crippen MR) is 118 cm³/mol. The van der Waals surface area contributed by atoms with E-state index in [9.17, 15) is 14.4 Å². The number of amides is 2. The summed E-state index contributed by atoms with van der Waals surface area (Å²) in [6, 6.07) is 14.8. The van der Waals surface area contributed by atoms with Crippen LogP contribution in [0.3, 0.4) is 0 Å². The predicted octanol–water partition coefficient (Wildman–Crippen LogP) is 2.92. The summed E-state index contributed by atoms with van der Waals surface area (Å²) in [6.07, 6.45) is 0. The lowest BCUT2D eigenvalue weighted by molar-refractivity contribution is -0.131. The summed E-state index contributed by atoms with van der Waals surface area (Å²) in [5.41, 5.74) is 2.56. The maximum absolute atomic E-state index is 12.1. The van der Waals surface area contributed by atoms with Crippen molar-refractivity contribution >= 4 is 17.8 Å². The molecular formula is C24H30N2O5. The van der Waals surface area contributed by atoms with Crippen molar-refractivity contribution in [2.75, 3.05) is 27.2 Å². The van der Waals surface area contributed by atoms with Gasteiger partial charge in [0, 0.05) is 14.1 Å². The summed E-state index contributed by atoms with van der Waals surface area (Å²) in [5.74, 6) is -0.622. The van der Waals surface area contributed by atoms with Crippen LogP contribution in [0.4, 0.5) is 0 Å². The molecule has 0 aromatic heterocycles. The molecule has 2 rings (SSSR count). The highest BCUT2D eigenvalue weighted by molar-refractivity contribution is 5.92. The molecule has 0 radical (unpaired) electrons. The molecule has 2 aromatic carbocycles. The molecule has 166 valence electrons. The van der Waals surface area contributed by atoms with Crippen molar-refractivity contribution in [3.63, 3.8) is 0 Å². The van der Waals surface area contributed by atoms with Crippen LogP contribution in [0.2, 0.25) is 0 Å². The van der Waals surface area contributed by atoms with Crippen LogP contribution in [0.15, 0.2) is 48.5 Å². The number of carbonyl (C=O) groups excluding carboxylic acids is 3. The largest absolute Gasteiger partial charge is 0.489 e. The van der Waals surface area contributed by atoms with Crippen LogP contribution in [0, 0.1) is 0 Å². The van der Waals surface area contributed by atoms with Gasteiger partial charge in [-0.2, -0.15) is 0 Å². The van der Waals surface area contributed by atoms with Crippen LogP contribution in [0.1, 0.15) is 42.3 Å². The monoisotopic (exact) mass is 426 g/mol. The van der Waals surface area contributed by atoms with Crippen molar-refractivity contribution in [1.82, 2.24) is 10.2 Å². The molecule has 0 aliphatic rings. The SMILES string of the molecule is CN(C)C(=O)CNC(=O)COC(=O)c1ccc(COc2ccc(C(C)(C)C)cc2)cc1. The highest BCUT2D eigenvalue weighted by atomic mass is 16.5. The van der Waals surface area contributed by atoms with Crippen LogP contribution in [-0.2, 0) is 26.3 Å². The van der Waals surface area contributed by atoms with Gasteiger partial charge in [0.05, 0.1) is 12.1 Å². The van der Waals surface area contributed by atoms with E-state index in [0.29, 0.717) is 12.2 Å². The fourth-order valence-corrected chi connectivity index (χ4v) is 2.55. The first-order chi connectivity index (χ1) is 14.6. The van der Waals surface area contributed by atoms with Crippen LogP contribution in [-0.4, -0.2) is 49.9 Å². The molecule has 0 fully saturated rings. The van der Waals surface area contributed by atoms with Crippen molar-refractivity contribution in [2.45, 2.75) is 32.8 Å². The number of nitrogens with one attached hydrogen (secondary N) is 1. The molecule has 0 aliphatic carbocycles. The fraction of sp³-hybridized carbons (Fsp3) is 0.375. The Morgan fingerprint density at radius 1 is 0.935 bits per heavy atom. The molecule has 0 bridgehead atoms. The molecule has 0 aliphatic heterocycles. The lowest BCUT2D eigenvalue weighted by Crippen LogP contribution is -2.38. The summed E-state index contributed by atoms with van der Waals surface area (Å²) >= 11 is 0. The summed E-state index contributed by atoms with van der Waals surface area (Å²) in [5, 5.41) is 2.40. The van der Waals surface area contributed by atoms with Crippen molar-refractivity contribution in [1.29, 1.82) is 0 Å². The third-order valence-corrected chi connectivity index (χ3v) is 4.59. The molecule has 0 saturated carbocycles. The number of rotatable bonds is 8. The van der Waals surface area contributed by atoms with Crippen LogP contribution in [0.25, 0.3) is 0 Å². The minimum atomic E-state index is -0.612. The Bertz CT molecular complexity index is 897. The van der Waals surface area contributed by atoms with Gasteiger partial charge in [0.2, 0.25) is 5.91 Å². The quantitative estimate of drug-likeness (QED) is 0.656. The van der Waals surface area contributed by atoms with E-state index in [0.717, 1.165) is 11.3 Å². The standard InChI is InChI=1S/C24H30N2O5/c1-24(2,3)19-10-12-20(13-11-19)30-15-17-6-8-18(9-7-17)23(29)31-16-21(27)25-14-22(28)26(4)5/h6-13H,14-16H2,1-5H3,(H,25,27). The molecule has 0 saturated heterocycles. The maximum Gasteiger partial charge on any atom is 0.338 e. The van der Waals surface area contributed by atoms with Gasteiger partial charge in [0.1, 0.15) is 12.4 Å². The number of benzene rings is 2. The Morgan fingerprint density at radius 2 is 1.55 bits per heavy atom. The molecule has 7 heteroatoms. The van der Waals surface area contributed by atoms with E-state index in [1.165, 1.54) is 10.5 Å². The maximum atomic E-state index is 12.1. The van der Waals surface area contributed by atoms with Gasteiger partial charge in [-0.15, -0.1) is 0 Å². The lowest BCUT2D eigenvalue weighted by Gasteiger charge is -2.19. The second-order valence-electron chi connectivity index (χ2n) is 8.40. The highest BCUT2D eigenvalue weighted by Gasteiger charge is 2.14. The fourth-order valence-electron chi connectivity index (χ4n) is 2.55. The molecule has 0 spiro atoms. The molecule has 2 amide bonds. The Kier molecular flexibility index (Phi) is 8.19. The molecule has 0 unspecified atom stereocenters. The van der Waals surface area contributed by atoms with Crippen molar-refractivity contribution < 1.29 is 23.9 Å². The smallest absolute Gasteiger partial charge is 0.338 e. The van der Waals surface area contributed by atoms with Crippen LogP contribution < -0.4 is 10.1 Å². The average molecular weight is 427 g/mol. The van der Waals surface area contributed by atoms with Crippen LogP contribution >= 0.6 is 0 Å².